The molecule has 2 N–H and O–H groups in total. The van der Waals surface area contributed by atoms with E-state index in [0.717, 1.165) is 0 Å². The summed E-state index contributed by atoms with van der Waals surface area (Å²) in [5, 5.41) is 0. The van der Waals surface area contributed by atoms with Crippen molar-refractivity contribution in [2.75, 3.05) is 13.9 Å². The van der Waals surface area contributed by atoms with Gasteiger partial charge in [0.2, 0.25) is 0 Å². The van der Waals surface area contributed by atoms with E-state index in [9.17, 15) is 4.79 Å². The minimum Gasteiger partial charge on any atom is -0.466 e. The molecule has 5 heteroatoms. The summed E-state index contributed by atoms with van der Waals surface area (Å²) in [5.74, 6) is -0.768. The average Bonchev–Trinajstić information content (AvgIpc) is 2.96. The lowest BCUT2D eigenvalue weighted by Crippen LogP contribution is -2.35. The molecule has 1 heterocycles. The molecule has 0 aromatic heterocycles. The standard InChI is InChI=1S/C17H17NO4/c1-20-17-10-14(18)13(9-16(17)21-11-22-17)7-8-15(19)12-5-3-2-4-6-12/h2-10,13H,11,18H2,1H3/b8-7+. The number of ether oxygens (including phenoxy) is 3. The lowest BCUT2D eigenvalue weighted by atomic mass is 9.94. The molecule has 2 atom stereocenters. The van der Waals surface area contributed by atoms with Gasteiger partial charge in [0.15, 0.2) is 18.3 Å². The number of allylic oxidation sites excluding steroid dienone is 2. The Morgan fingerprint density at radius 2 is 2.18 bits per heavy atom. The van der Waals surface area contributed by atoms with E-state index in [-0.39, 0.29) is 18.5 Å². The molecule has 0 saturated carbocycles. The first kappa shape index (κ1) is 14.6. The maximum Gasteiger partial charge on any atom is 0.252 e. The topological polar surface area (TPSA) is 70.8 Å². The van der Waals surface area contributed by atoms with Crippen LogP contribution >= 0.6 is 0 Å². The minimum atomic E-state index is -1.03. The van der Waals surface area contributed by atoms with E-state index in [2.05, 4.69) is 0 Å². The Bertz CT molecular complexity index is 662. The molecular formula is C17H17NO4. The Morgan fingerprint density at radius 1 is 1.41 bits per heavy atom. The first-order valence-electron chi connectivity index (χ1n) is 6.94. The predicted octanol–water partition coefficient (Wildman–Crippen LogP) is 2.13. The highest BCUT2D eigenvalue weighted by Crippen LogP contribution is 2.38. The summed E-state index contributed by atoms with van der Waals surface area (Å²) >= 11 is 0. The highest BCUT2D eigenvalue weighted by molar-refractivity contribution is 6.04. The average molecular weight is 299 g/mol. The summed E-state index contributed by atoms with van der Waals surface area (Å²) in [5.41, 5.74) is 7.24. The highest BCUT2D eigenvalue weighted by atomic mass is 16.8. The normalized spacial score (nSPS) is 27.0. The van der Waals surface area contributed by atoms with Crippen LogP contribution in [0.3, 0.4) is 0 Å². The number of fused-ring (bicyclic) bond motifs is 1. The summed E-state index contributed by atoms with van der Waals surface area (Å²) in [4.78, 5) is 12.1. The van der Waals surface area contributed by atoms with Crippen LogP contribution in [0.15, 0.2) is 66.1 Å². The number of hydrogen-bond acceptors (Lipinski definition) is 5. The molecule has 114 valence electrons. The number of carbonyl (C=O) groups excluding carboxylic acids is 1. The second-order valence-corrected chi connectivity index (χ2v) is 5.07. The van der Waals surface area contributed by atoms with Gasteiger partial charge in [-0.25, -0.2) is 0 Å². The molecule has 1 aromatic rings. The second-order valence-electron chi connectivity index (χ2n) is 5.07. The zero-order chi connectivity index (χ0) is 15.6. The van der Waals surface area contributed by atoms with Crippen LogP contribution in [0.25, 0.3) is 0 Å². The lowest BCUT2D eigenvalue weighted by molar-refractivity contribution is -0.140. The van der Waals surface area contributed by atoms with Crippen molar-refractivity contribution in [3.63, 3.8) is 0 Å². The molecule has 2 aliphatic rings. The van der Waals surface area contributed by atoms with Crippen molar-refractivity contribution in [3.05, 3.63) is 71.7 Å². The van der Waals surface area contributed by atoms with Crippen molar-refractivity contribution < 1.29 is 19.0 Å². The molecule has 3 rings (SSSR count). The molecule has 1 aromatic carbocycles. The summed E-state index contributed by atoms with van der Waals surface area (Å²) in [6.07, 6.45) is 6.75. The van der Waals surface area contributed by atoms with Crippen LogP contribution in [0, 0.1) is 5.92 Å². The van der Waals surface area contributed by atoms with Crippen LogP contribution in [-0.4, -0.2) is 25.5 Å². The van der Waals surface area contributed by atoms with Crippen LogP contribution in [0.4, 0.5) is 0 Å². The van der Waals surface area contributed by atoms with E-state index < -0.39 is 5.79 Å². The zero-order valence-electron chi connectivity index (χ0n) is 12.2. The van der Waals surface area contributed by atoms with Gasteiger partial charge in [0.1, 0.15) is 0 Å². The molecule has 0 radical (unpaired) electrons. The third kappa shape index (κ3) is 2.56. The van der Waals surface area contributed by atoms with E-state index in [0.29, 0.717) is 17.0 Å². The van der Waals surface area contributed by atoms with Crippen molar-refractivity contribution in [3.8, 4) is 0 Å². The molecule has 0 spiro atoms. The van der Waals surface area contributed by atoms with Crippen LogP contribution < -0.4 is 5.73 Å². The van der Waals surface area contributed by atoms with Crippen LogP contribution in [0.2, 0.25) is 0 Å². The number of rotatable bonds is 4. The van der Waals surface area contributed by atoms with Crippen molar-refractivity contribution in [2.24, 2.45) is 11.7 Å². The van der Waals surface area contributed by atoms with E-state index in [1.807, 2.05) is 18.2 Å². The molecule has 0 bridgehead atoms. The number of benzene rings is 1. The van der Waals surface area contributed by atoms with Crippen LogP contribution in [0.5, 0.6) is 0 Å². The Balaban J connectivity index is 1.79. The maximum atomic E-state index is 12.1. The van der Waals surface area contributed by atoms with Gasteiger partial charge in [-0.15, -0.1) is 0 Å². The number of methoxy groups -OCH3 is 1. The number of hydrogen-bond donors (Lipinski definition) is 1. The molecule has 1 aliphatic heterocycles. The summed E-state index contributed by atoms with van der Waals surface area (Å²) in [7, 11) is 1.53. The first-order chi connectivity index (χ1) is 10.6. The zero-order valence-corrected chi connectivity index (χ0v) is 12.2. The molecule has 2 unspecified atom stereocenters. The third-order valence-corrected chi connectivity index (χ3v) is 3.72. The van der Waals surface area contributed by atoms with Crippen molar-refractivity contribution in [1.82, 2.24) is 0 Å². The molecular weight excluding hydrogens is 282 g/mol. The van der Waals surface area contributed by atoms with E-state index in [4.69, 9.17) is 19.9 Å². The number of nitrogens with two attached hydrogens (primary N) is 1. The largest absolute Gasteiger partial charge is 0.466 e. The van der Waals surface area contributed by atoms with Gasteiger partial charge in [0, 0.05) is 30.4 Å². The van der Waals surface area contributed by atoms with Gasteiger partial charge in [-0.1, -0.05) is 36.4 Å². The van der Waals surface area contributed by atoms with Gasteiger partial charge >= 0.3 is 0 Å². The second kappa shape index (κ2) is 5.79. The Labute approximate surface area is 128 Å². The number of carbonyl (C=O) groups is 1. The third-order valence-electron chi connectivity index (χ3n) is 3.72. The monoisotopic (exact) mass is 299 g/mol. The Morgan fingerprint density at radius 3 is 2.91 bits per heavy atom. The summed E-state index contributed by atoms with van der Waals surface area (Å²) in [6, 6.07) is 9.07. The van der Waals surface area contributed by atoms with Crippen LogP contribution in [0.1, 0.15) is 10.4 Å². The quantitative estimate of drug-likeness (QED) is 0.681. The summed E-state index contributed by atoms with van der Waals surface area (Å²) < 4.78 is 16.2. The number of ketones is 1. The minimum absolute atomic E-state index is 0.0704. The highest BCUT2D eigenvalue weighted by Gasteiger charge is 2.44. The fraction of sp³-hybridized carbons (Fsp3) is 0.235. The van der Waals surface area contributed by atoms with Gasteiger partial charge in [-0.3, -0.25) is 4.79 Å². The Kier molecular flexibility index (Phi) is 3.83. The van der Waals surface area contributed by atoms with Gasteiger partial charge in [-0.05, 0) is 12.2 Å². The first-order valence-corrected chi connectivity index (χ1v) is 6.94. The SMILES string of the molecule is COC12C=C(N)C(/C=C/C(=O)c3ccccc3)C=C1OCO2. The van der Waals surface area contributed by atoms with Gasteiger partial charge in [-0.2, -0.15) is 0 Å². The molecule has 1 saturated heterocycles. The lowest BCUT2D eigenvalue weighted by Gasteiger charge is -2.27. The molecule has 1 fully saturated rings. The fourth-order valence-corrected chi connectivity index (χ4v) is 2.48. The molecule has 1 aliphatic carbocycles. The molecule has 0 amide bonds. The Hall–Kier alpha value is -2.37. The van der Waals surface area contributed by atoms with Crippen molar-refractivity contribution >= 4 is 5.78 Å². The van der Waals surface area contributed by atoms with Gasteiger partial charge < -0.3 is 19.9 Å². The summed E-state index contributed by atoms with van der Waals surface area (Å²) in [6.45, 7) is 0.114. The van der Waals surface area contributed by atoms with Crippen molar-refractivity contribution in [1.29, 1.82) is 0 Å². The molecule has 5 nitrogen and oxygen atoms in total. The van der Waals surface area contributed by atoms with Gasteiger partial charge in [0.25, 0.3) is 5.79 Å². The predicted molar refractivity (Wildman–Crippen MR) is 80.5 cm³/mol. The van der Waals surface area contributed by atoms with Crippen molar-refractivity contribution in [2.45, 2.75) is 5.79 Å². The van der Waals surface area contributed by atoms with E-state index >= 15 is 0 Å². The fourth-order valence-electron chi connectivity index (χ4n) is 2.48. The smallest absolute Gasteiger partial charge is 0.252 e. The van der Waals surface area contributed by atoms with E-state index in [1.54, 1.807) is 30.4 Å². The van der Waals surface area contributed by atoms with Crippen LogP contribution in [-0.2, 0) is 14.2 Å². The van der Waals surface area contributed by atoms with Gasteiger partial charge in [0.05, 0.1) is 0 Å². The maximum absolute atomic E-state index is 12.1. The van der Waals surface area contributed by atoms with E-state index in [1.165, 1.54) is 13.2 Å². The molecule has 22 heavy (non-hydrogen) atoms.